The minimum absolute atomic E-state index is 0.152. The van der Waals surface area contributed by atoms with Crippen LogP contribution < -0.4 is 4.74 Å². The molecule has 102 valence electrons. The summed E-state index contributed by atoms with van der Waals surface area (Å²) in [4.78, 5) is 0. The number of benzene rings is 1. The summed E-state index contributed by atoms with van der Waals surface area (Å²) in [5.41, 5.74) is 0.163. The van der Waals surface area contributed by atoms with Crippen molar-refractivity contribution in [3.8, 4) is 5.75 Å². The highest BCUT2D eigenvalue weighted by atomic mass is 19.4. The number of aliphatic hydroxyl groups excluding tert-OH is 1. The number of hydrogen-bond donors (Lipinski definition) is 1. The molecule has 5 heteroatoms. The summed E-state index contributed by atoms with van der Waals surface area (Å²) in [7, 11) is 0. The first-order chi connectivity index (χ1) is 8.22. The molecule has 0 bridgehead atoms. The van der Waals surface area contributed by atoms with Gasteiger partial charge in [-0.15, -0.1) is 13.2 Å². The number of hydrogen-bond acceptors (Lipinski definition) is 2. The van der Waals surface area contributed by atoms with E-state index in [0.717, 1.165) is 0 Å². The van der Waals surface area contributed by atoms with Crippen molar-refractivity contribution in [1.82, 2.24) is 0 Å². The molecule has 1 aromatic carbocycles. The smallest absolute Gasteiger partial charge is 0.405 e. The molecular formula is C13H17F3O2. The molecule has 1 N–H and O–H groups in total. The second-order valence-corrected chi connectivity index (χ2v) is 4.63. The number of halogens is 3. The van der Waals surface area contributed by atoms with Gasteiger partial charge in [-0.25, -0.2) is 0 Å². The average molecular weight is 262 g/mol. The van der Waals surface area contributed by atoms with Crippen molar-refractivity contribution in [2.75, 3.05) is 0 Å². The third kappa shape index (κ3) is 3.91. The Morgan fingerprint density at radius 1 is 1.11 bits per heavy atom. The molecule has 1 rings (SSSR count). The molecule has 0 heterocycles. The summed E-state index contributed by atoms with van der Waals surface area (Å²) in [5.74, 6) is -0.355. The summed E-state index contributed by atoms with van der Waals surface area (Å²) in [6, 6.07) is 5.68. The molecular weight excluding hydrogens is 245 g/mol. The molecule has 0 aliphatic rings. The Kier molecular flexibility index (Phi) is 4.62. The van der Waals surface area contributed by atoms with E-state index in [1.807, 2.05) is 13.8 Å². The van der Waals surface area contributed by atoms with E-state index in [1.54, 1.807) is 13.0 Å². The third-order valence-electron chi connectivity index (χ3n) is 3.01. The van der Waals surface area contributed by atoms with Gasteiger partial charge in [0.25, 0.3) is 0 Å². The molecule has 1 aromatic rings. The fourth-order valence-corrected chi connectivity index (χ4v) is 1.59. The largest absolute Gasteiger partial charge is 0.573 e. The van der Waals surface area contributed by atoms with Crippen LogP contribution in [0.3, 0.4) is 0 Å². The fourth-order valence-electron chi connectivity index (χ4n) is 1.59. The maximum atomic E-state index is 12.2. The Morgan fingerprint density at radius 2 is 1.67 bits per heavy atom. The van der Waals surface area contributed by atoms with Gasteiger partial charge in [0.1, 0.15) is 5.75 Å². The van der Waals surface area contributed by atoms with Gasteiger partial charge in [0.05, 0.1) is 6.10 Å². The number of alkyl halides is 3. The lowest BCUT2D eigenvalue weighted by molar-refractivity contribution is -0.275. The molecule has 2 unspecified atom stereocenters. The third-order valence-corrected chi connectivity index (χ3v) is 3.01. The quantitative estimate of drug-likeness (QED) is 0.891. The Hall–Kier alpha value is -1.23. The molecule has 0 amide bonds. The average Bonchev–Trinajstić information content (AvgIpc) is 2.25. The molecule has 0 saturated carbocycles. The van der Waals surface area contributed by atoms with Gasteiger partial charge in [-0.3, -0.25) is 0 Å². The van der Waals surface area contributed by atoms with E-state index in [-0.39, 0.29) is 23.1 Å². The van der Waals surface area contributed by atoms with Crippen LogP contribution in [-0.4, -0.2) is 11.5 Å². The van der Waals surface area contributed by atoms with Crippen LogP contribution in [0.15, 0.2) is 24.3 Å². The van der Waals surface area contributed by atoms with E-state index < -0.39 is 12.5 Å². The van der Waals surface area contributed by atoms with Crippen LogP contribution >= 0.6 is 0 Å². The maximum Gasteiger partial charge on any atom is 0.573 e. The molecule has 0 aromatic heterocycles. The van der Waals surface area contributed by atoms with Crippen LogP contribution in [0.2, 0.25) is 0 Å². The fraction of sp³-hybridized carbons (Fsp3) is 0.538. The van der Waals surface area contributed by atoms with E-state index in [0.29, 0.717) is 0 Å². The normalized spacial score (nSPS) is 15.6. The summed E-state index contributed by atoms with van der Waals surface area (Å²) in [6.45, 7) is 5.60. The van der Waals surface area contributed by atoms with Crippen LogP contribution in [0.1, 0.15) is 32.4 Å². The molecule has 2 nitrogen and oxygen atoms in total. The summed E-state index contributed by atoms with van der Waals surface area (Å²) in [5, 5.41) is 10.1. The van der Waals surface area contributed by atoms with Crippen molar-refractivity contribution in [2.45, 2.75) is 33.2 Å². The predicted octanol–water partition coefficient (Wildman–Crippen LogP) is 3.91. The Bertz CT molecular complexity index is 388. The van der Waals surface area contributed by atoms with Gasteiger partial charge in [-0.05, 0) is 17.9 Å². The van der Waals surface area contributed by atoms with Crippen LogP contribution in [0, 0.1) is 11.8 Å². The molecule has 0 aliphatic carbocycles. The standard InChI is InChI=1S/C13H17F3O2/c1-8(2)9(3)12(17)10-6-4-5-7-11(10)18-13(14,15)16/h4-9,12,17H,1-3H3. The van der Waals surface area contributed by atoms with Crippen molar-refractivity contribution in [3.05, 3.63) is 29.8 Å². The van der Waals surface area contributed by atoms with Gasteiger partial charge in [0, 0.05) is 5.56 Å². The Morgan fingerprint density at radius 3 is 2.17 bits per heavy atom. The van der Waals surface area contributed by atoms with Gasteiger partial charge in [0.2, 0.25) is 0 Å². The first-order valence-electron chi connectivity index (χ1n) is 5.75. The van der Waals surface area contributed by atoms with Crippen molar-refractivity contribution in [2.24, 2.45) is 11.8 Å². The number of rotatable bonds is 4. The van der Waals surface area contributed by atoms with Crippen LogP contribution in [0.5, 0.6) is 5.75 Å². The minimum Gasteiger partial charge on any atom is -0.405 e. The predicted molar refractivity (Wildman–Crippen MR) is 62.1 cm³/mol. The second kappa shape index (κ2) is 5.61. The first-order valence-corrected chi connectivity index (χ1v) is 5.75. The molecule has 2 atom stereocenters. The highest BCUT2D eigenvalue weighted by Crippen LogP contribution is 2.35. The van der Waals surface area contributed by atoms with Gasteiger partial charge in [-0.2, -0.15) is 0 Å². The first kappa shape index (κ1) is 14.8. The van der Waals surface area contributed by atoms with Crippen molar-refractivity contribution in [1.29, 1.82) is 0 Å². The van der Waals surface area contributed by atoms with Crippen molar-refractivity contribution >= 4 is 0 Å². The summed E-state index contributed by atoms with van der Waals surface area (Å²) in [6.07, 6.45) is -5.74. The number of aliphatic hydroxyl groups is 1. The monoisotopic (exact) mass is 262 g/mol. The van der Waals surface area contributed by atoms with Crippen LogP contribution in [-0.2, 0) is 0 Å². The Labute approximate surface area is 104 Å². The van der Waals surface area contributed by atoms with Crippen molar-refractivity contribution < 1.29 is 23.0 Å². The van der Waals surface area contributed by atoms with E-state index in [2.05, 4.69) is 4.74 Å². The molecule has 18 heavy (non-hydrogen) atoms. The molecule has 0 saturated heterocycles. The molecule has 0 radical (unpaired) electrons. The van der Waals surface area contributed by atoms with Gasteiger partial charge < -0.3 is 9.84 Å². The SMILES string of the molecule is CC(C)C(C)C(O)c1ccccc1OC(F)(F)F. The highest BCUT2D eigenvalue weighted by Gasteiger charge is 2.33. The summed E-state index contributed by atoms with van der Waals surface area (Å²) < 4.78 is 40.6. The lowest BCUT2D eigenvalue weighted by Gasteiger charge is -2.24. The topological polar surface area (TPSA) is 29.5 Å². The Balaban J connectivity index is 3.01. The number of ether oxygens (including phenoxy) is 1. The number of para-hydroxylation sites is 1. The lowest BCUT2D eigenvalue weighted by Crippen LogP contribution is -2.21. The molecule has 0 fully saturated rings. The molecule has 0 aliphatic heterocycles. The van der Waals surface area contributed by atoms with E-state index >= 15 is 0 Å². The highest BCUT2D eigenvalue weighted by molar-refractivity contribution is 5.35. The zero-order valence-electron chi connectivity index (χ0n) is 10.5. The van der Waals surface area contributed by atoms with E-state index in [4.69, 9.17) is 0 Å². The summed E-state index contributed by atoms with van der Waals surface area (Å²) >= 11 is 0. The van der Waals surface area contributed by atoms with E-state index in [9.17, 15) is 18.3 Å². The van der Waals surface area contributed by atoms with E-state index in [1.165, 1.54) is 18.2 Å². The lowest BCUT2D eigenvalue weighted by atomic mass is 9.88. The van der Waals surface area contributed by atoms with Gasteiger partial charge in [-0.1, -0.05) is 39.0 Å². The van der Waals surface area contributed by atoms with Crippen LogP contribution in [0.25, 0.3) is 0 Å². The zero-order valence-corrected chi connectivity index (χ0v) is 10.5. The second-order valence-electron chi connectivity index (χ2n) is 4.63. The van der Waals surface area contributed by atoms with Crippen molar-refractivity contribution in [3.63, 3.8) is 0 Å². The van der Waals surface area contributed by atoms with Gasteiger partial charge >= 0.3 is 6.36 Å². The zero-order chi connectivity index (χ0) is 13.9. The minimum atomic E-state index is -4.75. The maximum absolute atomic E-state index is 12.2. The van der Waals surface area contributed by atoms with Gasteiger partial charge in [0.15, 0.2) is 0 Å². The molecule has 0 spiro atoms. The van der Waals surface area contributed by atoms with Crippen LogP contribution in [0.4, 0.5) is 13.2 Å².